The van der Waals surface area contributed by atoms with Crippen LogP contribution >= 0.6 is 0 Å². The number of nitrogens with zero attached hydrogens (tertiary/aromatic N) is 2. The van der Waals surface area contributed by atoms with E-state index in [1.54, 1.807) is 6.07 Å². The molecule has 1 fully saturated rings. The van der Waals surface area contributed by atoms with E-state index in [0.717, 1.165) is 48.4 Å². The molecule has 3 aromatic rings. The summed E-state index contributed by atoms with van der Waals surface area (Å²) < 4.78 is 52.0. The average Bonchev–Trinajstić information content (AvgIpc) is 3.42. The highest BCUT2D eigenvalue weighted by Gasteiger charge is 2.35. The first-order valence-electron chi connectivity index (χ1n) is 11.1. The first kappa shape index (κ1) is 21.7. The summed E-state index contributed by atoms with van der Waals surface area (Å²) >= 11 is 0. The third kappa shape index (κ3) is 4.03. The van der Waals surface area contributed by atoms with Gasteiger partial charge < -0.3 is 30.0 Å². The summed E-state index contributed by atoms with van der Waals surface area (Å²) in [5.74, 6) is 1.19. The molecule has 176 valence electrons. The van der Waals surface area contributed by atoms with Gasteiger partial charge >= 0.3 is 6.18 Å². The summed E-state index contributed by atoms with van der Waals surface area (Å²) in [4.78, 5) is 9.39. The maximum Gasteiger partial charge on any atom is 0.418 e. The van der Waals surface area contributed by atoms with Gasteiger partial charge in [0.25, 0.3) is 0 Å². The van der Waals surface area contributed by atoms with E-state index < -0.39 is 11.7 Å². The van der Waals surface area contributed by atoms with Gasteiger partial charge in [-0.15, -0.1) is 0 Å². The van der Waals surface area contributed by atoms with Crippen molar-refractivity contribution in [2.45, 2.75) is 32.5 Å². The molecule has 2 aromatic heterocycles. The molecule has 2 aliphatic rings. The summed E-state index contributed by atoms with van der Waals surface area (Å²) in [5.41, 5.74) is 2.81. The molecule has 1 atom stereocenters. The molecule has 0 spiro atoms. The summed E-state index contributed by atoms with van der Waals surface area (Å²) in [5, 5.41) is 6.33. The number of pyridine rings is 1. The molecule has 3 N–H and O–H groups in total. The van der Waals surface area contributed by atoms with Crippen molar-refractivity contribution in [1.29, 1.82) is 0 Å². The average molecular weight is 461 g/mol. The predicted molar refractivity (Wildman–Crippen MR) is 122 cm³/mol. The Hall–Kier alpha value is -3.14. The maximum absolute atomic E-state index is 13.5. The van der Waals surface area contributed by atoms with E-state index in [-0.39, 0.29) is 17.1 Å². The van der Waals surface area contributed by atoms with Crippen LogP contribution in [0.5, 0.6) is 5.75 Å². The van der Waals surface area contributed by atoms with E-state index in [0.29, 0.717) is 31.3 Å². The van der Waals surface area contributed by atoms with Gasteiger partial charge in [0.05, 0.1) is 36.0 Å². The summed E-state index contributed by atoms with van der Waals surface area (Å²) in [6, 6.07) is 5.61. The second kappa shape index (κ2) is 8.33. The van der Waals surface area contributed by atoms with Crippen molar-refractivity contribution in [3.8, 4) is 5.75 Å². The van der Waals surface area contributed by atoms with Crippen molar-refractivity contribution >= 4 is 33.9 Å². The fourth-order valence-corrected chi connectivity index (χ4v) is 4.60. The van der Waals surface area contributed by atoms with Crippen LogP contribution in [0.1, 0.15) is 25.0 Å². The van der Waals surface area contributed by atoms with Gasteiger partial charge in [0.1, 0.15) is 17.2 Å². The summed E-state index contributed by atoms with van der Waals surface area (Å²) in [7, 11) is 0. The zero-order valence-electron chi connectivity index (χ0n) is 18.5. The zero-order chi connectivity index (χ0) is 23.2. The molecule has 7 nitrogen and oxygen atoms in total. The zero-order valence-corrected chi connectivity index (χ0v) is 18.5. The van der Waals surface area contributed by atoms with Crippen LogP contribution in [0.25, 0.3) is 11.0 Å². The van der Waals surface area contributed by atoms with Crippen LogP contribution in [0.15, 0.2) is 24.4 Å². The molecule has 1 saturated heterocycles. The lowest BCUT2D eigenvalue weighted by molar-refractivity contribution is -0.136. The number of hydrogen-bond acceptors (Lipinski definition) is 6. The van der Waals surface area contributed by atoms with Gasteiger partial charge in [-0.25, -0.2) is 4.98 Å². The molecule has 5 rings (SSSR count). The molecule has 0 bridgehead atoms. The second-order valence-electron chi connectivity index (χ2n) is 8.30. The number of morpholine rings is 1. The molecule has 10 heteroatoms. The minimum absolute atomic E-state index is 0.0353. The van der Waals surface area contributed by atoms with Crippen LogP contribution in [-0.2, 0) is 17.3 Å². The lowest BCUT2D eigenvalue weighted by atomic mass is 10.1. The largest absolute Gasteiger partial charge is 0.491 e. The molecule has 0 aliphatic carbocycles. The van der Waals surface area contributed by atoms with Gasteiger partial charge in [-0.1, -0.05) is 0 Å². The Morgan fingerprint density at radius 3 is 2.85 bits per heavy atom. The van der Waals surface area contributed by atoms with Crippen molar-refractivity contribution in [2.75, 3.05) is 48.4 Å². The number of fused-ring (bicyclic) bond motifs is 2. The number of halogens is 3. The van der Waals surface area contributed by atoms with Crippen LogP contribution < -0.4 is 20.3 Å². The Morgan fingerprint density at radius 1 is 1.24 bits per heavy atom. The first-order chi connectivity index (χ1) is 15.8. The Morgan fingerprint density at radius 2 is 2.09 bits per heavy atom. The third-order valence-electron chi connectivity index (χ3n) is 5.99. The van der Waals surface area contributed by atoms with E-state index in [2.05, 4.69) is 38.5 Å². The van der Waals surface area contributed by atoms with E-state index >= 15 is 0 Å². The standard InChI is InChI=1S/C23H26F3N5O2/c1-3-27-17-10-19(30-22-20(17)15(11-28-22)23(24,25)26)29-16-4-5-18(14-6-8-33-21(14)16)31-7-9-32-13(2)12-31/h4-5,10-11,13H,3,6-9,12H2,1-2H3,(H3,27,28,29,30)/t13-/m1/s1. The van der Waals surface area contributed by atoms with Gasteiger partial charge in [0.15, 0.2) is 0 Å². The lowest BCUT2D eigenvalue weighted by Crippen LogP contribution is -2.41. The summed E-state index contributed by atoms with van der Waals surface area (Å²) in [6.07, 6.45) is -2.55. The monoisotopic (exact) mass is 461 g/mol. The van der Waals surface area contributed by atoms with Crippen molar-refractivity contribution < 1.29 is 22.6 Å². The normalized spacial score (nSPS) is 18.3. The Balaban J connectivity index is 1.50. The highest BCUT2D eigenvalue weighted by atomic mass is 19.4. The first-order valence-corrected chi connectivity index (χ1v) is 11.1. The number of alkyl halides is 3. The minimum atomic E-state index is -4.47. The van der Waals surface area contributed by atoms with Crippen molar-refractivity contribution in [1.82, 2.24) is 9.97 Å². The SMILES string of the molecule is CCNc1cc(Nc2ccc(N3CCO[C@H](C)C3)c3c2OCC3)nc2[nH]cc(C(F)(F)F)c12. The van der Waals surface area contributed by atoms with Crippen LogP contribution in [0, 0.1) is 0 Å². The lowest BCUT2D eigenvalue weighted by Gasteiger charge is -2.34. The molecule has 33 heavy (non-hydrogen) atoms. The Bertz CT molecular complexity index is 1180. The van der Waals surface area contributed by atoms with Crippen molar-refractivity contribution in [3.63, 3.8) is 0 Å². The molecular formula is C23H26F3N5O2. The number of rotatable bonds is 5. The van der Waals surface area contributed by atoms with Crippen LogP contribution in [0.4, 0.5) is 36.1 Å². The molecule has 0 saturated carbocycles. The Labute approximate surface area is 189 Å². The van der Waals surface area contributed by atoms with Gasteiger partial charge in [0.2, 0.25) is 0 Å². The fraction of sp³-hybridized carbons (Fsp3) is 0.435. The van der Waals surface area contributed by atoms with Crippen molar-refractivity contribution in [2.24, 2.45) is 0 Å². The quantitative estimate of drug-likeness (QED) is 0.501. The second-order valence-corrected chi connectivity index (χ2v) is 8.30. The molecule has 0 unspecified atom stereocenters. The summed E-state index contributed by atoms with van der Waals surface area (Å²) in [6.45, 7) is 7.29. The maximum atomic E-state index is 13.5. The van der Waals surface area contributed by atoms with Gasteiger partial charge in [-0.2, -0.15) is 13.2 Å². The highest BCUT2D eigenvalue weighted by Crippen LogP contribution is 2.43. The van der Waals surface area contributed by atoms with Crippen LogP contribution in [-0.4, -0.2) is 48.9 Å². The Kier molecular flexibility index (Phi) is 5.48. The molecule has 0 amide bonds. The van der Waals surface area contributed by atoms with Gasteiger partial charge in [-0.3, -0.25) is 0 Å². The van der Waals surface area contributed by atoms with E-state index in [4.69, 9.17) is 9.47 Å². The van der Waals surface area contributed by atoms with Crippen LogP contribution in [0.2, 0.25) is 0 Å². The molecule has 2 aliphatic heterocycles. The fourth-order valence-electron chi connectivity index (χ4n) is 4.60. The minimum Gasteiger partial charge on any atom is -0.491 e. The number of hydrogen-bond donors (Lipinski definition) is 3. The number of aromatic amines is 1. The number of aromatic nitrogens is 2. The third-order valence-corrected chi connectivity index (χ3v) is 5.99. The van der Waals surface area contributed by atoms with Gasteiger partial charge in [0, 0.05) is 55.3 Å². The number of nitrogens with one attached hydrogen (secondary N) is 3. The number of H-pyrrole nitrogens is 1. The molecule has 1 aromatic carbocycles. The van der Waals surface area contributed by atoms with Crippen LogP contribution in [0.3, 0.4) is 0 Å². The smallest absolute Gasteiger partial charge is 0.418 e. The number of benzene rings is 1. The van der Waals surface area contributed by atoms with E-state index in [1.165, 1.54) is 0 Å². The molecule has 0 radical (unpaired) electrons. The number of anilines is 4. The predicted octanol–water partition coefficient (Wildman–Crippen LogP) is 4.92. The van der Waals surface area contributed by atoms with Crippen molar-refractivity contribution in [3.05, 3.63) is 35.5 Å². The highest BCUT2D eigenvalue weighted by molar-refractivity contribution is 5.95. The topological polar surface area (TPSA) is 74.4 Å². The van der Waals surface area contributed by atoms with E-state index in [9.17, 15) is 13.2 Å². The molecular weight excluding hydrogens is 435 g/mol. The van der Waals surface area contributed by atoms with Gasteiger partial charge in [-0.05, 0) is 26.0 Å². The molecule has 4 heterocycles. The van der Waals surface area contributed by atoms with E-state index in [1.807, 2.05) is 13.0 Å². The number of ether oxygens (including phenoxy) is 2.